The highest BCUT2D eigenvalue weighted by molar-refractivity contribution is 5.13. The first kappa shape index (κ1) is 11.1. The van der Waals surface area contributed by atoms with E-state index in [0.717, 1.165) is 36.3 Å². The van der Waals surface area contributed by atoms with Gasteiger partial charge in [-0.15, -0.1) is 0 Å². The summed E-state index contributed by atoms with van der Waals surface area (Å²) in [6, 6.07) is 0.217. The van der Waals surface area contributed by atoms with Gasteiger partial charge in [0, 0.05) is 18.7 Å². The van der Waals surface area contributed by atoms with Crippen LogP contribution in [0.3, 0.4) is 0 Å². The van der Waals surface area contributed by atoms with Crippen LogP contribution in [0.25, 0.3) is 0 Å². The zero-order valence-corrected chi connectivity index (χ0v) is 9.25. The molecule has 1 aromatic rings. The molecule has 78 valence electrons. The average molecular weight is 193 g/mol. The number of hydrogen-bond acceptors (Lipinski definition) is 3. The maximum atomic E-state index is 5.97. The molecule has 1 atom stereocenters. The smallest absolute Gasteiger partial charge is 0.0634 e. The Morgan fingerprint density at radius 3 is 2.79 bits per heavy atom. The minimum absolute atomic E-state index is 0.217. The Hall–Kier alpha value is -0.960. The molecule has 0 aromatic carbocycles. The number of rotatable bonds is 4. The van der Waals surface area contributed by atoms with Crippen LogP contribution in [0.2, 0.25) is 0 Å². The van der Waals surface area contributed by atoms with Crippen molar-refractivity contribution in [2.45, 2.75) is 46.1 Å². The van der Waals surface area contributed by atoms with Gasteiger partial charge in [-0.25, -0.2) is 0 Å². The van der Waals surface area contributed by atoms with E-state index in [-0.39, 0.29) is 6.04 Å². The number of nitrogens with zero attached hydrogens (tertiary/aromatic N) is 2. The predicted octanol–water partition coefficient (Wildman–Crippen LogP) is 1.76. The molecule has 0 fully saturated rings. The first-order chi connectivity index (χ1) is 6.63. The fourth-order valence-electron chi connectivity index (χ4n) is 1.50. The number of aryl methyl sites for hydroxylation is 2. The summed E-state index contributed by atoms with van der Waals surface area (Å²) in [6.07, 6.45) is 4.81. The molecule has 14 heavy (non-hydrogen) atoms. The molecule has 0 saturated heterocycles. The summed E-state index contributed by atoms with van der Waals surface area (Å²) in [6.45, 7) is 6.09. The zero-order valence-electron chi connectivity index (χ0n) is 9.25. The van der Waals surface area contributed by atoms with Gasteiger partial charge in [-0.05, 0) is 20.3 Å². The average Bonchev–Trinajstić information content (AvgIpc) is 2.12. The lowest BCUT2D eigenvalue weighted by Crippen LogP contribution is -2.23. The summed E-state index contributed by atoms with van der Waals surface area (Å²) >= 11 is 0. The van der Waals surface area contributed by atoms with E-state index in [4.69, 9.17) is 5.73 Å². The van der Waals surface area contributed by atoms with E-state index < -0.39 is 0 Å². The third-order valence-electron chi connectivity index (χ3n) is 2.29. The van der Waals surface area contributed by atoms with Crippen LogP contribution < -0.4 is 5.73 Å². The van der Waals surface area contributed by atoms with E-state index in [1.807, 2.05) is 13.8 Å². The van der Waals surface area contributed by atoms with Gasteiger partial charge in [0.25, 0.3) is 0 Å². The summed E-state index contributed by atoms with van der Waals surface area (Å²) in [7, 11) is 0. The first-order valence-corrected chi connectivity index (χ1v) is 5.18. The molecule has 1 aromatic heterocycles. The van der Waals surface area contributed by atoms with Gasteiger partial charge in [0.2, 0.25) is 0 Å². The minimum Gasteiger partial charge on any atom is -0.327 e. The third-order valence-corrected chi connectivity index (χ3v) is 2.29. The SMILES string of the molecule is CCCC(N)Cc1nc(C)cnc1C. The normalized spacial score (nSPS) is 12.9. The van der Waals surface area contributed by atoms with Crippen LogP contribution in [-0.2, 0) is 6.42 Å². The Kier molecular flexibility index (Phi) is 4.01. The molecule has 1 unspecified atom stereocenters. The maximum Gasteiger partial charge on any atom is 0.0634 e. The Bertz CT molecular complexity index is 297. The van der Waals surface area contributed by atoms with Crippen LogP contribution >= 0.6 is 0 Å². The topological polar surface area (TPSA) is 51.8 Å². The summed E-state index contributed by atoms with van der Waals surface area (Å²) in [5.74, 6) is 0. The van der Waals surface area contributed by atoms with Gasteiger partial charge >= 0.3 is 0 Å². The van der Waals surface area contributed by atoms with Crippen LogP contribution in [0.5, 0.6) is 0 Å². The van der Waals surface area contributed by atoms with Gasteiger partial charge in [-0.1, -0.05) is 13.3 Å². The molecule has 3 heteroatoms. The minimum atomic E-state index is 0.217. The van der Waals surface area contributed by atoms with E-state index in [1.54, 1.807) is 6.20 Å². The van der Waals surface area contributed by atoms with Crippen LogP contribution in [-0.4, -0.2) is 16.0 Å². The van der Waals surface area contributed by atoms with Crippen LogP contribution in [0.1, 0.15) is 36.8 Å². The van der Waals surface area contributed by atoms with Crippen molar-refractivity contribution < 1.29 is 0 Å². The summed E-state index contributed by atoms with van der Waals surface area (Å²) in [4.78, 5) is 8.73. The van der Waals surface area contributed by atoms with Gasteiger partial charge in [-0.3, -0.25) is 9.97 Å². The van der Waals surface area contributed by atoms with Crippen molar-refractivity contribution in [3.63, 3.8) is 0 Å². The fraction of sp³-hybridized carbons (Fsp3) is 0.636. The zero-order chi connectivity index (χ0) is 10.6. The number of hydrogen-bond donors (Lipinski definition) is 1. The second-order valence-electron chi connectivity index (χ2n) is 3.80. The summed E-state index contributed by atoms with van der Waals surface area (Å²) in [5, 5.41) is 0. The Balaban J connectivity index is 2.70. The molecule has 1 heterocycles. The fourth-order valence-corrected chi connectivity index (χ4v) is 1.50. The molecular formula is C11H19N3. The lowest BCUT2D eigenvalue weighted by atomic mass is 10.1. The van der Waals surface area contributed by atoms with E-state index in [2.05, 4.69) is 16.9 Å². The second kappa shape index (κ2) is 5.05. The number of aromatic nitrogens is 2. The predicted molar refractivity (Wildman–Crippen MR) is 58.1 cm³/mol. The highest BCUT2D eigenvalue weighted by Gasteiger charge is 2.07. The highest BCUT2D eigenvalue weighted by atomic mass is 14.8. The standard InChI is InChI=1S/C11H19N3/c1-4-5-10(12)6-11-9(3)13-7-8(2)14-11/h7,10H,4-6,12H2,1-3H3. The van der Waals surface area contributed by atoms with Crippen molar-refractivity contribution in [1.29, 1.82) is 0 Å². The molecule has 2 N–H and O–H groups in total. The van der Waals surface area contributed by atoms with Gasteiger partial charge in [0.15, 0.2) is 0 Å². The van der Waals surface area contributed by atoms with Crippen molar-refractivity contribution in [2.75, 3.05) is 0 Å². The summed E-state index contributed by atoms with van der Waals surface area (Å²) < 4.78 is 0. The molecule has 0 aliphatic rings. The molecule has 0 saturated carbocycles. The Labute approximate surface area is 85.8 Å². The monoisotopic (exact) mass is 193 g/mol. The molecular weight excluding hydrogens is 174 g/mol. The van der Waals surface area contributed by atoms with Gasteiger partial charge in [-0.2, -0.15) is 0 Å². The van der Waals surface area contributed by atoms with Crippen molar-refractivity contribution in [3.8, 4) is 0 Å². The van der Waals surface area contributed by atoms with E-state index in [0.29, 0.717) is 0 Å². The first-order valence-electron chi connectivity index (χ1n) is 5.18. The third kappa shape index (κ3) is 3.07. The molecule has 1 rings (SSSR count). The number of nitrogens with two attached hydrogens (primary N) is 1. The molecule has 0 radical (unpaired) electrons. The van der Waals surface area contributed by atoms with E-state index in [9.17, 15) is 0 Å². The van der Waals surface area contributed by atoms with Crippen molar-refractivity contribution in [2.24, 2.45) is 5.73 Å². The van der Waals surface area contributed by atoms with Gasteiger partial charge in [0.1, 0.15) is 0 Å². The van der Waals surface area contributed by atoms with Gasteiger partial charge in [0.05, 0.1) is 17.1 Å². The van der Waals surface area contributed by atoms with Gasteiger partial charge < -0.3 is 5.73 Å². The van der Waals surface area contributed by atoms with Crippen molar-refractivity contribution in [1.82, 2.24) is 9.97 Å². The highest BCUT2D eigenvalue weighted by Crippen LogP contribution is 2.07. The molecule has 0 spiro atoms. The molecule has 0 aliphatic carbocycles. The van der Waals surface area contributed by atoms with E-state index >= 15 is 0 Å². The maximum absolute atomic E-state index is 5.97. The molecule has 0 amide bonds. The quantitative estimate of drug-likeness (QED) is 0.792. The Morgan fingerprint density at radius 2 is 2.14 bits per heavy atom. The second-order valence-corrected chi connectivity index (χ2v) is 3.80. The van der Waals surface area contributed by atoms with Crippen molar-refractivity contribution >= 4 is 0 Å². The molecule has 0 aliphatic heterocycles. The molecule has 3 nitrogen and oxygen atoms in total. The van der Waals surface area contributed by atoms with Crippen LogP contribution in [0.4, 0.5) is 0 Å². The summed E-state index contributed by atoms with van der Waals surface area (Å²) in [5.41, 5.74) is 8.98. The van der Waals surface area contributed by atoms with E-state index in [1.165, 1.54) is 0 Å². The van der Waals surface area contributed by atoms with Crippen LogP contribution in [0, 0.1) is 13.8 Å². The molecule has 0 bridgehead atoms. The Morgan fingerprint density at radius 1 is 1.43 bits per heavy atom. The van der Waals surface area contributed by atoms with Crippen molar-refractivity contribution in [3.05, 3.63) is 23.3 Å². The largest absolute Gasteiger partial charge is 0.327 e. The van der Waals surface area contributed by atoms with Crippen LogP contribution in [0.15, 0.2) is 6.20 Å². The lowest BCUT2D eigenvalue weighted by molar-refractivity contribution is 0.589. The lowest BCUT2D eigenvalue weighted by Gasteiger charge is -2.11.